The minimum absolute atomic E-state index is 0.371. The summed E-state index contributed by atoms with van der Waals surface area (Å²) in [4.78, 5) is 10.3. The van der Waals surface area contributed by atoms with Gasteiger partial charge in [-0.3, -0.25) is 0 Å². The van der Waals surface area contributed by atoms with E-state index in [-0.39, 0.29) is 0 Å². The van der Waals surface area contributed by atoms with Crippen LogP contribution in [-0.4, -0.2) is 30.7 Å². The van der Waals surface area contributed by atoms with Crippen molar-refractivity contribution in [2.75, 3.05) is 19.6 Å². The Morgan fingerprint density at radius 3 is 2.83 bits per heavy atom. The molecular formula is C8H16N2O2. The minimum Gasteiger partial charge on any atom is -0.478 e. The number of carboxylic acids is 1. The molecule has 4 N–H and O–H groups in total. The van der Waals surface area contributed by atoms with Crippen LogP contribution in [0.15, 0.2) is 11.6 Å². The van der Waals surface area contributed by atoms with Gasteiger partial charge >= 0.3 is 5.97 Å². The van der Waals surface area contributed by atoms with Gasteiger partial charge in [-0.25, -0.2) is 4.79 Å². The van der Waals surface area contributed by atoms with E-state index >= 15 is 0 Å². The maximum absolute atomic E-state index is 10.3. The van der Waals surface area contributed by atoms with E-state index in [1.807, 2.05) is 0 Å². The number of carboxylic acid groups (broad SMARTS) is 1. The summed E-state index contributed by atoms with van der Waals surface area (Å²) in [6.07, 6.45) is 2.57. The highest BCUT2D eigenvalue weighted by molar-refractivity contribution is 5.85. The van der Waals surface area contributed by atoms with E-state index in [1.54, 1.807) is 13.0 Å². The molecule has 12 heavy (non-hydrogen) atoms. The molecule has 4 nitrogen and oxygen atoms in total. The van der Waals surface area contributed by atoms with Crippen LogP contribution in [0, 0.1) is 0 Å². The number of carbonyl (C=O) groups is 1. The standard InChI is InChI=1S/C8H16N2O2/c1-7(8(11)12)3-6-10-5-2-4-9/h3,10H,2,4-6,9H2,1H3,(H,11,12). The third-order valence-electron chi connectivity index (χ3n) is 1.45. The summed E-state index contributed by atoms with van der Waals surface area (Å²) < 4.78 is 0. The topological polar surface area (TPSA) is 75.3 Å². The number of hydrogen-bond acceptors (Lipinski definition) is 3. The van der Waals surface area contributed by atoms with Gasteiger partial charge in [0.25, 0.3) is 0 Å². The Labute approximate surface area is 72.4 Å². The number of nitrogens with two attached hydrogens (primary N) is 1. The largest absolute Gasteiger partial charge is 0.478 e. The first-order chi connectivity index (χ1) is 5.68. The second kappa shape index (κ2) is 6.82. The van der Waals surface area contributed by atoms with Crippen LogP contribution in [0.25, 0.3) is 0 Å². The highest BCUT2D eigenvalue weighted by atomic mass is 16.4. The van der Waals surface area contributed by atoms with Gasteiger partial charge in [0.1, 0.15) is 0 Å². The molecule has 0 unspecified atom stereocenters. The van der Waals surface area contributed by atoms with Crippen LogP contribution in [-0.2, 0) is 4.79 Å². The van der Waals surface area contributed by atoms with Gasteiger partial charge in [-0.2, -0.15) is 0 Å². The summed E-state index contributed by atoms with van der Waals surface area (Å²) in [5, 5.41) is 11.5. The van der Waals surface area contributed by atoms with Gasteiger partial charge in [0.15, 0.2) is 0 Å². The first-order valence-electron chi connectivity index (χ1n) is 3.99. The Balaban J connectivity index is 3.40. The predicted octanol–water partition coefficient (Wildman–Crippen LogP) is -0.0443. The van der Waals surface area contributed by atoms with Crippen LogP contribution < -0.4 is 11.1 Å². The van der Waals surface area contributed by atoms with Crippen molar-refractivity contribution in [2.24, 2.45) is 5.73 Å². The van der Waals surface area contributed by atoms with Crippen LogP contribution in [0.3, 0.4) is 0 Å². The predicted molar refractivity (Wildman–Crippen MR) is 47.9 cm³/mol. The zero-order valence-corrected chi connectivity index (χ0v) is 7.34. The first-order valence-corrected chi connectivity index (χ1v) is 3.99. The molecule has 0 aromatic heterocycles. The Morgan fingerprint density at radius 1 is 1.67 bits per heavy atom. The average molecular weight is 172 g/mol. The molecule has 0 aliphatic heterocycles. The van der Waals surface area contributed by atoms with Gasteiger partial charge in [-0.1, -0.05) is 6.08 Å². The number of nitrogens with one attached hydrogen (secondary N) is 1. The fourth-order valence-electron chi connectivity index (χ4n) is 0.642. The highest BCUT2D eigenvalue weighted by Gasteiger charge is 1.96. The SMILES string of the molecule is CC(=CCNCCCN)C(=O)O. The molecule has 0 heterocycles. The van der Waals surface area contributed by atoms with Crippen molar-refractivity contribution in [1.82, 2.24) is 5.32 Å². The second-order valence-corrected chi connectivity index (χ2v) is 2.54. The molecule has 0 atom stereocenters. The maximum Gasteiger partial charge on any atom is 0.330 e. The molecule has 70 valence electrons. The Bertz CT molecular complexity index is 166. The van der Waals surface area contributed by atoms with E-state index in [4.69, 9.17) is 10.8 Å². The average Bonchev–Trinajstić information content (AvgIpc) is 2.03. The van der Waals surface area contributed by atoms with Gasteiger partial charge in [0.2, 0.25) is 0 Å². The van der Waals surface area contributed by atoms with Gasteiger partial charge < -0.3 is 16.2 Å². The van der Waals surface area contributed by atoms with E-state index in [0.717, 1.165) is 13.0 Å². The fourth-order valence-corrected chi connectivity index (χ4v) is 0.642. The molecule has 0 fully saturated rings. The van der Waals surface area contributed by atoms with E-state index in [2.05, 4.69) is 5.32 Å². The van der Waals surface area contributed by atoms with Crippen LogP contribution in [0.5, 0.6) is 0 Å². The lowest BCUT2D eigenvalue weighted by Gasteiger charge is -1.99. The van der Waals surface area contributed by atoms with Crippen molar-refractivity contribution < 1.29 is 9.90 Å². The van der Waals surface area contributed by atoms with E-state index in [1.165, 1.54) is 0 Å². The molecule has 0 aromatic carbocycles. The summed E-state index contributed by atoms with van der Waals surface area (Å²) in [6, 6.07) is 0. The van der Waals surface area contributed by atoms with Crippen molar-refractivity contribution in [3.63, 3.8) is 0 Å². The quantitative estimate of drug-likeness (QED) is 0.388. The lowest BCUT2D eigenvalue weighted by atomic mass is 10.3. The summed E-state index contributed by atoms with van der Waals surface area (Å²) in [5.41, 5.74) is 5.64. The third kappa shape index (κ3) is 5.88. The third-order valence-corrected chi connectivity index (χ3v) is 1.45. The van der Waals surface area contributed by atoms with Crippen LogP contribution >= 0.6 is 0 Å². The second-order valence-electron chi connectivity index (χ2n) is 2.54. The van der Waals surface area contributed by atoms with Crippen molar-refractivity contribution >= 4 is 5.97 Å². The summed E-state index contributed by atoms with van der Waals surface area (Å²) >= 11 is 0. The van der Waals surface area contributed by atoms with E-state index in [0.29, 0.717) is 18.7 Å². The number of rotatable bonds is 6. The van der Waals surface area contributed by atoms with Crippen molar-refractivity contribution in [1.29, 1.82) is 0 Å². The highest BCUT2D eigenvalue weighted by Crippen LogP contribution is 1.89. The van der Waals surface area contributed by atoms with Crippen molar-refractivity contribution in [3.05, 3.63) is 11.6 Å². The molecule has 0 amide bonds. The van der Waals surface area contributed by atoms with Gasteiger partial charge in [0, 0.05) is 12.1 Å². The Hall–Kier alpha value is -0.870. The zero-order chi connectivity index (χ0) is 9.40. The lowest BCUT2D eigenvalue weighted by molar-refractivity contribution is -0.132. The normalized spacial score (nSPS) is 11.7. The molecular weight excluding hydrogens is 156 g/mol. The lowest BCUT2D eigenvalue weighted by Crippen LogP contribution is -2.18. The summed E-state index contributed by atoms with van der Waals surface area (Å²) in [6.45, 7) is 3.67. The van der Waals surface area contributed by atoms with E-state index < -0.39 is 5.97 Å². The Morgan fingerprint density at radius 2 is 2.33 bits per heavy atom. The minimum atomic E-state index is -0.865. The Kier molecular flexibility index (Phi) is 6.32. The molecule has 0 saturated heterocycles. The molecule has 4 heteroatoms. The van der Waals surface area contributed by atoms with Gasteiger partial charge in [0.05, 0.1) is 0 Å². The van der Waals surface area contributed by atoms with Crippen LogP contribution in [0.2, 0.25) is 0 Å². The molecule has 0 bridgehead atoms. The number of aliphatic carboxylic acids is 1. The molecule has 0 rings (SSSR count). The summed E-state index contributed by atoms with van der Waals surface area (Å²) in [7, 11) is 0. The van der Waals surface area contributed by atoms with Gasteiger partial charge in [-0.15, -0.1) is 0 Å². The number of hydrogen-bond donors (Lipinski definition) is 3. The zero-order valence-electron chi connectivity index (χ0n) is 7.34. The van der Waals surface area contributed by atoms with Crippen molar-refractivity contribution in [2.45, 2.75) is 13.3 Å². The molecule has 0 spiro atoms. The molecule has 0 aliphatic rings. The molecule has 0 radical (unpaired) electrons. The summed E-state index contributed by atoms with van der Waals surface area (Å²) in [5.74, 6) is -0.865. The van der Waals surface area contributed by atoms with E-state index in [9.17, 15) is 4.79 Å². The smallest absolute Gasteiger partial charge is 0.330 e. The maximum atomic E-state index is 10.3. The van der Waals surface area contributed by atoms with Crippen LogP contribution in [0.1, 0.15) is 13.3 Å². The monoisotopic (exact) mass is 172 g/mol. The van der Waals surface area contributed by atoms with Crippen molar-refractivity contribution in [3.8, 4) is 0 Å². The molecule has 0 aliphatic carbocycles. The van der Waals surface area contributed by atoms with Gasteiger partial charge in [-0.05, 0) is 26.4 Å². The van der Waals surface area contributed by atoms with Crippen LogP contribution in [0.4, 0.5) is 0 Å². The first kappa shape index (κ1) is 11.1. The fraction of sp³-hybridized carbons (Fsp3) is 0.625. The molecule has 0 aromatic rings. The molecule has 0 saturated carbocycles.